The number of amides is 2. The lowest BCUT2D eigenvalue weighted by Gasteiger charge is -2.17. The van der Waals surface area contributed by atoms with Crippen molar-refractivity contribution in [2.24, 2.45) is 0 Å². The summed E-state index contributed by atoms with van der Waals surface area (Å²) in [5, 5.41) is 4.95. The Labute approximate surface area is 188 Å². The average Bonchev–Trinajstić information content (AvgIpc) is 3.34. The molecule has 6 heteroatoms. The molecule has 1 N–H and O–H groups in total. The molecule has 1 saturated heterocycles. The Kier molecular flexibility index (Phi) is 6.71. The van der Waals surface area contributed by atoms with Gasteiger partial charge in [-0.25, -0.2) is 0 Å². The quantitative estimate of drug-likeness (QED) is 0.615. The first-order valence-corrected chi connectivity index (χ1v) is 10.9. The maximum atomic E-state index is 12.5. The van der Waals surface area contributed by atoms with Crippen molar-refractivity contribution in [2.45, 2.75) is 18.9 Å². The first kappa shape index (κ1) is 21.8. The third kappa shape index (κ3) is 4.92. The molecule has 1 unspecified atom stereocenters. The van der Waals surface area contributed by atoms with Crippen LogP contribution in [-0.4, -0.2) is 56.7 Å². The van der Waals surface area contributed by atoms with E-state index in [9.17, 15) is 9.59 Å². The molecule has 0 spiro atoms. The van der Waals surface area contributed by atoms with E-state index in [4.69, 9.17) is 9.47 Å². The van der Waals surface area contributed by atoms with Gasteiger partial charge >= 0.3 is 0 Å². The number of fused-ring (bicyclic) bond motifs is 1. The number of nitrogens with one attached hydrogen (secondary N) is 1. The third-order valence-electron chi connectivity index (χ3n) is 5.60. The molecule has 0 radical (unpaired) electrons. The van der Waals surface area contributed by atoms with Crippen LogP contribution in [0.2, 0.25) is 0 Å². The number of benzene rings is 3. The van der Waals surface area contributed by atoms with Crippen LogP contribution in [0.3, 0.4) is 0 Å². The lowest BCUT2D eigenvalue weighted by atomic mass is 9.95. The molecule has 32 heavy (non-hydrogen) atoms. The van der Waals surface area contributed by atoms with E-state index in [2.05, 4.69) is 5.32 Å². The minimum absolute atomic E-state index is 0.0666. The largest absolute Gasteiger partial charge is 0.483 e. The normalized spacial score (nSPS) is 15.5. The zero-order valence-corrected chi connectivity index (χ0v) is 18.5. The van der Waals surface area contributed by atoms with Crippen LogP contribution in [0.5, 0.6) is 5.75 Å². The maximum absolute atomic E-state index is 12.5. The zero-order chi connectivity index (χ0) is 22.5. The van der Waals surface area contributed by atoms with Crippen molar-refractivity contribution >= 4 is 22.6 Å². The van der Waals surface area contributed by atoms with Gasteiger partial charge < -0.3 is 19.7 Å². The van der Waals surface area contributed by atoms with Gasteiger partial charge in [0.15, 0.2) is 6.61 Å². The summed E-state index contributed by atoms with van der Waals surface area (Å²) in [6.07, 6.45) is 2.09. The van der Waals surface area contributed by atoms with E-state index in [1.165, 1.54) is 0 Å². The first-order valence-electron chi connectivity index (χ1n) is 10.9. The summed E-state index contributed by atoms with van der Waals surface area (Å²) in [4.78, 5) is 26.4. The second-order valence-electron chi connectivity index (χ2n) is 8.17. The summed E-state index contributed by atoms with van der Waals surface area (Å²) in [5.41, 5.74) is 2.33. The van der Waals surface area contributed by atoms with Crippen LogP contribution < -0.4 is 10.1 Å². The first-order chi connectivity index (χ1) is 15.5. The Balaban J connectivity index is 1.61. The highest BCUT2D eigenvalue weighted by Gasteiger charge is 2.18. The Morgan fingerprint density at radius 1 is 1.09 bits per heavy atom. The van der Waals surface area contributed by atoms with Gasteiger partial charge in [-0.1, -0.05) is 42.5 Å². The van der Waals surface area contributed by atoms with Crippen LogP contribution in [0.15, 0.2) is 60.7 Å². The van der Waals surface area contributed by atoms with E-state index < -0.39 is 0 Å². The van der Waals surface area contributed by atoms with Crippen molar-refractivity contribution in [3.05, 3.63) is 66.2 Å². The molecule has 1 aliphatic rings. The summed E-state index contributed by atoms with van der Waals surface area (Å²) < 4.78 is 11.5. The third-order valence-corrected chi connectivity index (χ3v) is 5.60. The fourth-order valence-corrected chi connectivity index (χ4v) is 3.96. The standard InChI is InChI=1S/C26H28N2O4/c1-28(2)26(30)20-9-5-8-19(15-20)25-22-11-4-3-7-18(22)12-13-23(25)32-17-24(29)27-16-21-10-6-14-31-21/h3-5,7-9,11-13,15,21H,6,10,14,16-17H2,1-2H3,(H,27,29). The SMILES string of the molecule is CN(C)C(=O)c1cccc(-c2c(OCC(=O)NCC3CCCO3)ccc3ccccc23)c1. The second kappa shape index (κ2) is 9.83. The van der Waals surface area contributed by atoms with Crippen LogP contribution in [-0.2, 0) is 9.53 Å². The zero-order valence-electron chi connectivity index (χ0n) is 18.5. The van der Waals surface area contributed by atoms with Gasteiger partial charge in [0.05, 0.1) is 6.10 Å². The Bertz CT molecular complexity index is 1120. The maximum Gasteiger partial charge on any atom is 0.258 e. The molecule has 3 aromatic carbocycles. The Hall–Kier alpha value is -3.38. The Morgan fingerprint density at radius 2 is 1.94 bits per heavy atom. The van der Waals surface area contributed by atoms with Gasteiger partial charge in [-0.3, -0.25) is 9.59 Å². The fraction of sp³-hybridized carbons (Fsp3) is 0.308. The molecule has 1 atom stereocenters. The van der Waals surface area contributed by atoms with Crippen molar-refractivity contribution in [2.75, 3.05) is 33.9 Å². The highest BCUT2D eigenvalue weighted by molar-refractivity contribution is 6.02. The summed E-state index contributed by atoms with van der Waals surface area (Å²) in [6.45, 7) is 1.17. The van der Waals surface area contributed by atoms with Crippen molar-refractivity contribution in [1.82, 2.24) is 10.2 Å². The molecule has 6 nitrogen and oxygen atoms in total. The molecule has 0 aliphatic carbocycles. The van der Waals surface area contributed by atoms with Crippen molar-refractivity contribution in [3.8, 4) is 16.9 Å². The highest BCUT2D eigenvalue weighted by atomic mass is 16.5. The lowest BCUT2D eigenvalue weighted by Crippen LogP contribution is -2.35. The number of rotatable bonds is 7. The van der Waals surface area contributed by atoms with Crippen LogP contribution in [0.25, 0.3) is 21.9 Å². The molecular formula is C26H28N2O4. The summed E-state index contributed by atoms with van der Waals surface area (Å²) in [6, 6.07) is 19.4. The molecule has 0 bridgehead atoms. The van der Waals surface area contributed by atoms with Crippen molar-refractivity contribution < 1.29 is 19.1 Å². The molecule has 1 aliphatic heterocycles. The molecule has 2 amide bonds. The van der Waals surface area contributed by atoms with E-state index in [1.807, 2.05) is 54.6 Å². The number of carbonyl (C=O) groups excluding carboxylic acids is 2. The van der Waals surface area contributed by atoms with Gasteiger partial charge in [-0.15, -0.1) is 0 Å². The number of carbonyl (C=O) groups is 2. The molecular weight excluding hydrogens is 404 g/mol. The lowest BCUT2D eigenvalue weighted by molar-refractivity contribution is -0.123. The van der Waals surface area contributed by atoms with E-state index >= 15 is 0 Å². The van der Waals surface area contributed by atoms with E-state index in [0.717, 1.165) is 41.3 Å². The summed E-state index contributed by atoms with van der Waals surface area (Å²) >= 11 is 0. The topological polar surface area (TPSA) is 67.9 Å². The van der Waals surface area contributed by atoms with E-state index in [1.54, 1.807) is 25.1 Å². The molecule has 0 saturated carbocycles. The van der Waals surface area contributed by atoms with Gasteiger partial charge in [-0.05, 0) is 47.4 Å². The van der Waals surface area contributed by atoms with Gasteiger partial charge in [0.2, 0.25) is 0 Å². The number of hydrogen-bond acceptors (Lipinski definition) is 4. The second-order valence-corrected chi connectivity index (χ2v) is 8.17. The molecule has 1 heterocycles. The minimum Gasteiger partial charge on any atom is -0.483 e. The average molecular weight is 433 g/mol. The number of ether oxygens (including phenoxy) is 2. The van der Waals surface area contributed by atoms with Crippen LogP contribution >= 0.6 is 0 Å². The summed E-state index contributed by atoms with van der Waals surface area (Å²) in [5.74, 6) is 0.352. The van der Waals surface area contributed by atoms with Crippen molar-refractivity contribution in [3.63, 3.8) is 0 Å². The molecule has 3 aromatic rings. The smallest absolute Gasteiger partial charge is 0.258 e. The molecule has 4 rings (SSSR count). The highest BCUT2D eigenvalue weighted by Crippen LogP contribution is 2.37. The Morgan fingerprint density at radius 3 is 2.72 bits per heavy atom. The van der Waals surface area contributed by atoms with Gasteiger partial charge in [0, 0.05) is 38.4 Å². The van der Waals surface area contributed by atoms with Crippen LogP contribution in [0, 0.1) is 0 Å². The fourth-order valence-electron chi connectivity index (χ4n) is 3.96. The van der Waals surface area contributed by atoms with Gasteiger partial charge in [0.25, 0.3) is 11.8 Å². The number of nitrogens with zero attached hydrogens (tertiary/aromatic N) is 1. The van der Waals surface area contributed by atoms with E-state index in [0.29, 0.717) is 17.9 Å². The number of hydrogen-bond donors (Lipinski definition) is 1. The van der Waals surface area contributed by atoms with Crippen LogP contribution in [0.4, 0.5) is 0 Å². The summed E-state index contributed by atoms with van der Waals surface area (Å²) in [7, 11) is 3.47. The van der Waals surface area contributed by atoms with Crippen LogP contribution in [0.1, 0.15) is 23.2 Å². The van der Waals surface area contributed by atoms with Crippen molar-refractivity contribution in [1.29, 1.82) is 0 Å². The minimum atomic E-state index is -0.184. The van der Waals surface area contributed by atoms with Gasteiger partial charge in [0.1, 0.15) is 5.75 Å². The van der Waals surface area contributed by atoms with E-state index in [-0.39, 0.29) is 24.5 Å². The predicted molar refractivity (Wildman–Crippen MR) is 125 cm³/mol. The molecule has 166 valence electrons. The molecule has 0 aromatic heterocycles. The van der Waals surface area contributed by atoms with Gasteiger partial charge in [-0.2, -0.15) is 0 Å². The molecule has 1 fully saturated rings. The predicted octanol–water partition coefficient (Wildman–Crippen LogP) is 3.88. The monoisotopic (exact) mass is 432 g/mol.